The highest BCUT2D eigenvalue weighted by molar-refractivity contribution is 5.82. The van der Waals surface area contributed by atoms with Gasteiger partial charge in [-0.15, -0.1) is 0 Å². The Balaban J connectivity index is 1.95. The Bertz CT molecular complexity index is 843. The molecule has 0 spiro atoms. The van der Waals surface area contributed by atoms with Gasteiger partial charge in [0.2, 0.25) is 0 Å². The summed E-state index contributed by atoms with van der Waals surface area (Å²) >= 11 is 0. The normalized spacial score (nSPS) is 13.4. The van der Waals surface area contributed by atoms with Crippen LogP contribution in [0.1, 0.15) is 18.1 Å². The summed E-state index contributed by atoms with van der Waals surface area (Å²) in [6.45, 7) is 0.757. The van der Waals surface area contributed by atoms with E-state index >= 15 is 0 Å². The number of esters is 2. The van der Waals surface area contributed by atoms with E-state index in [4.69, 9.17) is 19.9 Å². The van der Waals surface area contributed by atoms with E-state index in [1.165, 1.54) is 6.92 Å². The third-order valence-electron chi connectivity index (χ3n) is 4.20. The van der Waals surface area contributed by atoms with Crippen molar-refractivity contribution >= 4 is 18.0 Å². The standard InChI is InChI=1S/C22H26N2O7/c1-15(25)19(23)21(27)30-14-18(20(26)29-12-16-8-4-2-5-9-16)24-22(28)31-13-17-10-6-3-7-11-17/h2-11,15,18-19,25H,12-14,23H2,1H3,(H,24,28)/t15-,18+,19+/m1/s1. The number of carbonyl (C=O) groups excluding carboxylic acids is 3. The molecule has 0 unspecified atom stereocenters. The molecule has 31 heavy (non-hydrogen) atoms. The number of nitrogens with one attached hydrogen (secondary N) is 1. The first-order valence-corrected chi connectivity index (χ1v) is 9.65. The Hall–Kier alpha value is -3.43. The number of benzene rings is 2. The largest absolute Gasteiger partial charge is 0.462 e. The van der Waals surface area contributed by atoms with Gasteiger partial charge in [-0.25, -0.2) is 9.59 Å². The van der Waals surface area contributed by atoms with Crippen LogP contribution in [0.25, 0.3) is 0 Å². The molecule has 0 aliphatic rings. The zero-order chi connectivity index (χ0) is 22.6. The van der Waals surface area contributed by atoms with E-state index in [0.717, 1.165) is 11.1 Å². The van der Waals surface area contributed by atoms with Crippen molar-refractivity contribution in [3.8, 4) is 0 Å². The fourth-order valence-corrected chi connectivity index (χ4v) is 2.36. The van der Waals surface area contributed by atoms with Crippen LogP contribution in [0.5, 0.6) is 0 Å². The lowest BCUT2D eigenvalue weighted by Gasteiger charge is -2.19. The second-order valence-corrected chi connectivity index (χ2v) is 6.75. The number of hydrogen-bond acceptors (Lipinski definition) is 8. The highest BCUT2D eigenvalue weighted by atomic mass is 16.6. The van der Waals surface area contributed by atoms with E-state index in [0.29, 0.717) is 0 Å². The Morgan fingerprint density at radius 3 is 1.90 bits per heavy atom. The zero-order valence-electron chi connectivity index (χ0n) is 17.1. The van der Waals surface area contributed by atoms with Gasteiger partial charge in [0, 0.05) is 0 Å². The SMILES string of the molecule is C[C@@H](O)[C@H](N)C(=O)OC[C@H](NC(=O)OCc1ccccc1)C(=O)OCc1ccccc1. The molecule has 0 aliphatic carbocycles. The maximum absolute atomic E-state index is 12.5. The van der Waals surface area contributed by atoms with Gasteiger partial charge in [-0.05, 0) is 18.1 Å². The minimum absolute atomic E-state index is 0.00878. The molecule has 0 bridgehead atoms. The maximum Gasteiger partial charge on any atom is 0.408 e. The van der Waals surface area contributed by atoms with Gasteiger partial charge in [0.15, 0.2) is 6.04 Å². The Kier molecular flexibility index (Phi) is 9.47. The fourth-order valence-electron chi connectivity index (χ4n) is 2.36. The molecule has 0 saturated carbocycles. The minimum Gasteiger partial charge on any atom is -0.462 e. The Labute approximate surface area is 180 Å². The number of hydrogen-bond donors (Lipinski definition) is 3. The van der Waals surface area contributed by atoms with Gasteiger partial charge >= 0.3 is 18.0 Å². The van der Waals surface area contributed by atoms with Crippen LogP contribution >= 0.6 is 0 Å². The molecule has 2 rings (SSSR count). The van der Waals surface area contributed by atoms with Gasteiger partial charge in [0.05, 0.1) is 6.10 Å². The van der Waals surface area contributed by atoms with Crippen molar-refractivity contribution in [1.82, 2.24) is 5.32 Å². The second-order valence-electron chi connectivity index (χ2n) is 6.75. The van der Waals surface area contributed by atoms with Crippen LogP contribution in [0.2, 0.25) is 0 Å². The molecular formula is C22H26N2O7. The number of nitrogens with two attached hydrogens (primary N) is 1. The van der Waals surface area contributed by atoms with E-state index in [2.05, 4.69) is 5.32 Å². The van der Waals surface area contributed by atoms with E-state index in [1.807, 2.05) is 12.1 Å². The highest BCUT2D eigenvalue weighted by Gasteiger charge is 2.27. The van der Waals surface area contributed by atoms with E-state index in [1.54, 1.807) is 48.5 Å². The molecule has 9 nitrogen and oxygen atoms in total. The van der Waals surface area contributed by atoms with Crippen molar-refractivity contribution < 1.29 is 33.7 Å². The minimum atomic E-state index is -1.32. The molecule has 4 N–H and O–H groups in total. The average Bonchev–Trinajstić information content (AvgIpc) is 2.79. The molecule has 2 aromatic carbocycles. The van der Waals surface area contributed by atoms with Crippen molar-refractivity contribution in [2.45, 2.75) is 38.3 Å². The zero-order valence-corrected chi connectivity index (χ0v) is 17.1. The van der Waals surface area contributed by atoms with Gasteiger partial charge in [0.25, 0.3) is 0 Å². The number of ether oxygens (including phenoxy) is 3. The number of aliphatic hydroxyl groups is 1. The molecule has 0 aromatic heterocycles. The molecule has 1 amide bonds. The molecule has 0 saturated heterocycles. The predicted molar refractivity (Wildman–Crippen MR) is 110 cm³/mol. The van der Waals surface area contributed by atoms with Crippen LogP contribution in [-0.2, 0) is 37.0 Å². The number of alkyl carbamates (subject to hydrolysis) is 1. The topological polar surface area (TPSA) is 137 Å². The molecule has 0 fully saturated rings. The van der Waals surface area contributed by atoms with Crippen LogP contribution < -0.4 is 11.1 Å². The molecule has 0 heterocycles. The van der Waals surface area contributed by atoms with Crippen molar-refractivity contribution in [3.63, 3.8) is 0 Å². The lowest BCUT2D eigenvalue weighted by Crippen LogP contribution is -2.48. The first kappa shape index (κ1) is 23.8. The monoisotopic (exact) mass is 430 g/mol. The number of rotatable bonds is 10. The maximum atomic E-state index is 12.5. The third-order valence-corrected chi connectivity index (χ3v) is 4.20. The second kappa shape index (κ2) is 12.3. The van der Waals surface area contributed by atoms with Crippen molar-refractivity contribution in [3.05, 3.63) is 71.8 Å². The highest BCUT2D eigenvalue weighted by Crippen LogP contribution is 2.05. The summed E-state index contributed by atoms with van der Waals surface area (Å²) < 4.78 is 15.3. The fraction of sp³-hybridized carbons (Fsp3) is 0.318. The van der Waals surface area contributed by atoms with E-state index < -0.39 is 42.8 Å². The van der Waals surface area contributed by atoms with E-state index in [-0.39, 0.29) is 13.2 Å². The molecule has 3 atom stereocenters. The van der Waals surface area contributed by atoms with Crippen LogP contribution in [0.4, 0.5) is 4.79 Å². The van der Waals surface area contributed by atoms with Crippen LogP contribution in [-0.4, -0.2) is 47.9 Å². The lowest BCUT2D eigenvalue weighted by molar-refractivity contribution is -0.154. The molecule has 9 heteroatoms. The molecule has 166 valence electrons. The summed E-state index contributed by atoms with van der Waals surface area (Å²) in [5, 5.41) is 11.7. The third kappa shape index (κ3) is 8.45. The quantitative estimate of drug-likeness (QED) is 0.379. The molecule has 0 aliphatic heterocycles. The number of carbonyl (C=O) groups is 3. The van der Waals surface area contributed by atoms with Crippen molar-refractivity contribution in [2.75, 3.05) is 6.61 Å². The van der Waals surface area contributed by atoms with Gasteiger partial charge < -0.3 is 30.4 Å². The first-order chi connectivity index (χ1) is 14.9. The van der Waals surface area contributed by atoms with Crippen LogP contribution in [0.15, 0.2) is 60.7 Å². The average molecular weight is 430 g/mol. The summed E-state index contributed by atoms with van der Waals surface area (Å²) in [4.78, 5) is 36.5. The Morgan fingerprint density at radius 2 is 1.39 bits per heavy atom. The summed E-state index contributed by atoms with van der Waals surface area (Å²) in [5.74, 6) is -1.74. The van der Waals surface area contributed by atoms with Gasteiger partial charge in [-0.2, -0.15) is 0 Å². The van der Waals surface area contributed by atoms with E-state index in [9.17, 15) is 19.5 Å². The van der Waals surface area contributed by atoms with Crippen LogP contribution in [0.3, 0.4) is 0 Å². The summed E-state index contributed by atoms with van der Waals surface area (Å²) in [5.41, 5.74) is 7.02. The lowest BCUT2D eigenvalue weighted by atomic mass is 10.2. The predicted octanol–water partition coefficient (Wildman–Crippen LogP) is 1.28. The number of amides is 1. The molecular weight excluding hydrogens is 404 g/mol. The Morgan fingerprint density at radius 1 is 0.871 bits per heavy atom. The van der Waals surface area contributed by atoms with Gasteiger partial charge in [0.1, 0.15) is 25.9 Å². The summed E-state index contributed by atoms with van der Waals surface area (Å²) in [6, 6.07) is 15.3. The smallest absolute Gasteiger partial charge is 0.408 e. The summed E-state index contributed by atoms with van der Waals surface area (Å²) in [6.07, 6.45) is -2.03. The molecule has 2 aromatic rings. The van der Waals surface area contributed by atoms with Crippen LogP contribution in [0, 0.1) is 0 Å². The van der Waals surface area contributed by atoms with Gasteiger partial charge in [-0.1, -0.05) is 60.7 Å². The number of aliphatic hydroxyl groups excluding tert-OH is 1. The summed E-state index contributed by atoms with van der Waals surface area (Å²) in [7, 11) is 0. The van der Waals surface area contributed by atoms with Crippen molar-refractivity contribution in [1.29, 1.82) is 0 Å². The van der Waals surface area contributed by atoms with Crippen molar-refractivity contribution in [2.24, 2.45) is 5.73 Å². The first-order valence-electron chi connectivity index (χ1n) is 9.65. The molecule has 0 radical (unpaired) electrons. The van der Waals surface area contributed by atoms with Gasteiger partial charge in [-0.3, -0.25) is 4.79 Å².